The van der Waals surface area contributed by atoms with Crippen molar-refractivity contribution in [2.75, 3.05) is 13.1 Å². The first-order valence-electron chi connectivity index (χ1n) is 7.49. The lowest BCUT2D eigenvalue weighted by atomic mass is 9.78. The Kier molecular flexibility index (Phi) is 3.84. The molecule has 0 aromatic rings. The van der Waals surface area contributed by atoms with Crippen molar-refractivity contribution in [3.8, 4) is 0 Å². The minimum atomic E-state index is 0.313. The van der Waals surface area contributed by atoms with Crippen molar-refractivity contribution in [2.24, 2.45) is 0 Å². The first-order valence-corrected chi connectivity index (χ1v) is 7.49. The van der Waals surface area contributed by atoms with Gasteiger partial charge in [0.05, 0.1) is 0 Å². The smallest absolute Gasteiger partial charge is 0.0309 e. The monoisotopic (exact) mass is 238 g/mol. The molecule has 1 spiro atoms. The van der Waals surface area contributed by atoms with Crippen molar-refractivity contribution in [3.63, 3.8) is 0 Å². The van der Waals surface area contributed by atoms with Crippen LogP contribution in [0.15, 0.2) is 0 Å². The van der Waals surface area contributed by atoms with E-state index in [0.29, 0.717) is 11.1 Å². The molecule has 0 radical (unpaired) electrons. The summed E-state index contributed by atoms with van der Waals surface area (Å²) in [4.78, 5) is 2.76. The Morgan fingerprint density at radius 3 is 2.35 bits per heavy atom. The molecular formula is C15H30N2. The highest BCUT2D eigenvalue weighted by molar-refractivity contribution is 5.02. The molecule has 0 bridgehead atoms. The molecule has 17 heavy (non-hydrogen) atoms. The molecule has 1 heterocycles. The van der Waals surface area contributed by atoms with E-state index in [4.69, 9.17) is 0 Å². The normalized spacial score (nSPS) is 30.7. The van der Waals surface area contributed by atoms with E-state index in [1.807, 2.05) is 0 Å². The third-order valence-electron chi connectivity index (χ3n) is 4.77. The summed E-state index contributed by atoms with van der Waals surface area (Å²) in [5.74, 6) is 0. The van der Waals surface area contributed by atoms with Crippen molar-refractivity contribution in [3.05, 3.63) is 0 Å². The topological polar surface area (TPSA) is 15.3 Å². The minimum Gasteiger partial charge on any atom is -0.308 e. The predicted molar refractivity (Wildman–Crippen MR) is 74.4 cm³/mol. The number of nitrogens with zero attached hydrogens (tertiary/aromatic N) is 1. The highest BCUT2D eigenvalue weighted by atomic mass is 15.3. The Balaban J connectivity index is 2.11. The molecule has 2 fully saturated rings. The van der Waals surface area contributed by atoms with Crippen LogP contribution in [-0.2, 0) is 0 Å². The maximum absolute atomic E-state index is 3.90. The zero-order chi connectivity index (χ0) is 12.5. The molecule has 2 aliphatic rings. The summed E-state index contributed by atoms with van der Waals surface area (Å²) >= 11 is 0. The van der Waals surface area contributed by atoms with Gasteiger partial charge in [0.2, 0.25) is 0 Å². The van der Waals surface area contributed by atoms with E-state index in [1.165, 1.54) is 51.6 Å². The van der Waals surface area contributed by atoms with Crippen LogP contribution in [0, 0.1) is 0 Å². The van der Waals surface area contributed by atoms with E-state index < -0.39 is 0 Å². The summed E-state index contributed by atoms with van der Waals surface area (Å²) < 4.78 is 0. The van der Waals surface area contributed by atoms with Crippen molar-refractivity contribution >= 4 is 0 Å². The van der Waals surface area contributed by atoms with Gasteiger partial charge in [-0.3, -0.25) is 4.90 Å². The first-order chi connectivity index (χ1) is 7.97. The third-order valence-corrected chi connectivity index (χ3v) is 4.77. The average Bonchev–Trinajstić information content (AvgIpc) is 2.29. The fraction of sp³-hybridized carbons (Fsp3) is 1.00. The lowest BCUT2D eigenvalue weighted by molar-refractivity contribution is -0.00588. The molecule has 2 heteroatoms. The SMILES string of the molecule is CCC1CNC2(CCCCC2)CN1C(C)(C)C. The molecule has 1 aliphatic carbocycles. The van der Waals surface area contributed by atoms with Gasteiger partial charge in [-0.25, -0.2) is 0 Å². The summed E-state index contributed by atoms with van der Waals surface area (Å²) in [6, 6.07) is 0.725. The van der Waals surface area contributed by atoms with E-state index >= 15 is 0 Å². The second-order valence-corrected chi connectivity index (χ2v) is 7.08. The second-order valence-electron chi connectivity index (χ2n) is 7.08. The van der Waals surface area contributed by atoms with E-state index in [1.54, 1.807) is 0 Å². The van der Waals surface area contributed by atoms with Crippen LogP contribution < -0.4 is 5.32 Å². The Bertz CT molecular complexity index is 248. The molecule has 1 saturated carbocycles. The summed E-state index contributed by atoms with van der Waals surface area (Å²) in [5, 5.41) is 3.90. The number of hydrogen-bond acceptors (Lipinski definition) is 2. The highest BCUT2D eigenvalue weighted by Gasteiger charge is 2.42. The van der Waals surface area contributed by atoms with Crippen LogP contribution in [0.25, 0.3) is 0 Å². The van der Waals surface area contributed by atoms with E-state index in [2.05, 4.69) is 37.9 Å². The van der Waals surface area contributed by atoms with Gasteiger partial charge in [0.1, 0.15) is 0 Å². The van der Waals surface area contributed by atoms with Gasteiger partial charge in [-0.15, -0.1) is 0 Å². The number of hydrogen-bond donors (Lipinski definition) is 1. The summed E-state index contributed by atoms with van der Waals surface area (Å²) in [6.07, 6.45) is 8.31. The van der Waals surface area contributed by atoms with Gasteiger partial charge in [-0.05, 0) is 40.0 Å². The minimum absolute atomic E-state index is 0.313. The number of nitrogens with one attached hydrogen (secondary N) is 1. The van der Waals surface area contributed by atoms with Crippen LogP contribution in [0.5, 0.6) is 0 Å². The van der Waals surface area contributed by atoms with Crippen molar-refractivity contribution in [1.82, 2.24) is 10.2 Å². The molecular weight excluding hydrogens is 208 g/mol. The third kappa shape index (κ3) is 2.85. The Morgan fingerprint density at radius 2 is 1.82 bits per heavy atom. The molecule has 1 N–H and O–H groups in total. The Hall–Kier alpha value is -0.0800. The van der Waals surface area contributed by atoms with Crippen LogP contribution in [-0.4, -0.2) is 35.1 Å². The molecule has 1 unspecified atom stereocenters. The number of piperazine rings is 1. The van der Waals surface area contributed by atoms with Gasteiger partial charge in [0, 0.05) is 30.2 Å². The maximum atomic E-state index is 3.90. The molecule has 1 atom stereocenters. The molecule has 100 valence electrons. The lowest BCUT2D eigenvalue weighted by Crippen LogP contribution is -2.68. The molecule has 2 rings (SSSR count). The Morgan fingerprint density at radius 1 is 1.18 bits per heavy atom. The van der Waals surface area contributed by atoms with Crippen LogP contribution in [0.4, 0.5) is 0 Å². The van der Waals surface area contributed by atoms with Gasteiger partial charge in [0.15, 0.2) is 0 Å². The number of rotatable bonds is 1. The van der Waals surface area contributed by atoms with Crippen molar-refractivity contribution in [1.29, 1.82) is 0 Å². The van der Waals surface area contributed by atoms with Gasteiger partial charge < -0.3 is 5.32 Å². The van der Waals surface area contributed by atoms with Gasteiger partial charge in [-0.2, -0.15) is 0 Å². The standard InChI is InChI=1S/C15H30N2/c1-5-13-11-16-15(9-7-6-8-10-15)12-17(13)14(2,3)4/h13,16H,5-12H2,1-4H3. The second kappa shape index (κ2) is 4.89. The zero-order valence-electron chi connectivity index (χ0n) is 12.2. The van der Waals surface area contributed by atoms with Crippen molar-refractivity contribution in [2.45, 2.75) is 83.3 Å². The van der Waals surface area contributed by atoms with Crippen LogP contribution in [0.1, 0.15) is 66.2 Å². The zero-order valence-corrected chi connectivity index (χ0v) is 12.2. The highest BCUT2D eigenvalue weighted by Crippen LogP contribution is 2.34. The lowest BCUT2D eigenvalue weighted by Gasteiger charge is -2.54. The summed E-state index contributed by atoms with van der Waals surface area (Å²) in [5.41, 5.74) is 0.754. The van der Waals surface area contributed by atoms with Gasteiger partial charge in [0.25, 0.3) is 0 Å². The van der Waals surface area contributed by atoms with Crippen molar-refractivity contribution < 1.29 is 0 Å². The largest absolute Gasteiger partial charge is 0.308 e. The molecule has 0 amide bonds. The van der Waals surface area contributed by atoms with E-state index in [-0.39, 0.29) is 0 Å². The van der Waals surface area contributed by atoms with E-state index in [9.17, 15) is 0 Å². The summed E-state index contributed by atoms with van der Waals surface area (Å²) in [7, 11) is 0. The fourth-order valence-corrected chi connectivity index (χ4v) is 3.67. The average molecular weight is 238 g/mol. The first kappa shape index (κ1) is 13.4. The van der Waals surface area contributed by atoms with E-state index in [0.717, 1.165) is 6.04 Å². The van der Waals surface area contributed by atoms with Crippen LogP contribution in [0.3, 0.4) is 0 Å². The molecule has 1 saturated heterocycles. The maximum Gasteiger partial charge on any atom is 0.0309 e. The molecule has 0 aromatic carbocycles. The fourth-order valence-electron chi connectivity index (χ4n) is 3.67. The van der Waals surface area contributed by atoms with Crippen LogP contribution in [0.2, 0.25) is 0 Å². The predicted octanol–water partition coefficient (Wildman–Crippen LogP) is 3.17. The molecule has 2 nitrogen and oxygen atoms in total. The summed E-state index contributed by atoms with van der Waals surface area (Å²) in [6.45, 7) is 11.9. The van der Waals surface area contributed by atoms with Crippen LogP contribution >= 0.6 is 0 Å². The Labute approximate surface area is 107 Å². The molecule has 0 aromatic heterocycles. The molecule has 1 aliphatic heterocycles. The quantitative estimate of drug-likeness (QED) is 0.755. The van der Waals surface area contributed by atoms with Gasteiger partial charge in [-0.1, -0.05) is 26.2 Å². The van der Waals surface area contributed by atoms with Gasteiger partial charge >= 0.3 is 0 Å².